The maximum atomic E-state index is 13.0. The lowest BCUT2D eigenvalue weighted by molar-refractivity contribution is -0.120. The third kappa shape index (κ3) is 2.63. The quantitative estimate of drug-likeness (QED) is 0.871. The molecule has 1 fully saturated rings. The molecule has 2 aromatic rings. The van der Waals surface area contributed by atoms with Crippen LogP contribution in [-0.4, -0.2) is 39.7 Å². The summed E-state index contributed by atoms with van der Waals surface area (Å²) in [5, 5.41) is 4.29. The van der Waals surface area contributed by atoms with Crippen LogP contribution in [0.5, 0.6) is 0 Å². The maximum Gasteiger partial charge on any atom is 0.241 e. The Morgan fingerprint density at radius 1 is 1.33 bits per heavy atom. The van der Waals surface area contributed by atoms with E-state index in [1.165, 1.54) is 11.1 Å². The van der Waals surface area contributed by atoms with Crippen LogP contribution in [0.3, 0.4) is 0 Å². The number of para-hydroxylation sites is 1. The molecule has 2 aliphatic heterocycles. The van der Waals surface area contributed by atoms with Crippen LogP contribution in [0.15, 0.2) is 36.7 Å². The number of likely N-dealkylation sites (tertiary alicyclic amines) is 1. The first kappa shape index (κ1) is 15.4. The Labute approximate surface area is 142 Å². The Kier molecular flexibility index (Phi) is 3.88. The van der Waals surface area contributed by atoms with E-state index in [4.69, 9.17) is 0 Å². The van der Waals surface area contributed by atoms with Gasteiger partial charge in [-0.2, -0.15) is 5.10 Å². The lowest BCUT2D eigenvalue weighted by Gasteiger charge is -2.28. The van der Waals surface area contributed by atoms with E-state index in [1.54, 1.807) is 0 Å². The van der Waals surface area contributed by atoms with Gasteiger partial charge in [0.2, 0.25) is 5.91 Å². The number of fused-ring (bicyclic) bond motifs is 1. The number of amides is 1. The molecule has 2 aliphatic rings. The van der Waals surface area contributed by atoms with Crippen molar-refractivity contribution in [1.29, 1.82) is 0 Å². The van der Waals surface area contributed by atoms with Crippen molar-refractivity contribution < 1.29 is 4.79 Å². The van der Waals surface area contributed by atoms with Crippen molar-refractivity contribution in [2.75, 3.05) is 18.0 Å². The number of carbonyl (C=O) groups is 1. The Morgan fingerprint density at radius 3 is 2.96 bits per heavy atom. The van der Waals surface area contributed by atoms with Gasteiger partial charge >= 0.3 is 0 Å². The Hall–Kier alpha value is -2.14. The van der Waals surface area contributed by atoms with Gasteiger partial charge in [-0.05, 0) is 44.4 Å². The molecule has 1 saturated heterocycles. The highest BCUT2D eigenvalue weighted by Gasteiger charge is 2.34. The number of anilines is 1. The van der Waals surface area contributed by atoms with Crippen LogP contribution in [0.25, 0.3) is 0 Å². The molecule has 24 heavy (non-hydrogen) atoms. The van der Waals surface area contributed by atoms with Gasteiger partial charge in [-0.15, -0.1) is 0 Å². The van der Waals surface area contributed by atoms with Gasteiger partial charge in [0.1, 0.15) is 0 Å². The SMILES string of the molecule is CC1Cc2ccccc2N1C(=O)CN1CCCC1c1cnn(C)c1. The highest BCUT2D eigenvalue weighted by atomic mass is 16.2. The summed E-state index contributed by atoms with van der Waals surface area (Å²) in [6.07, 6.45) is 7.19. The summed E-state index contributed by atoms with van der Waals surface area (Å²) >= 11 is 0. The summed E-state index contributed by atoms with van der Waals surface area (Å²) in [6.45, 7) is 3.61. The van der Waals surface area contributed by atoms with E-state index in [0.29, 0.717) is 12.6 Å². The van der Waals surface area contributed by atoms with Crippen molar-refractivity contribution >= 4 is 11.6 Å². The van der Waals surface area contributed by atoms with Gasteiger partial charge in [-0.3, -0.25) is 14.4 Å². The summed E-state index contributed by atoms with van der Waals surface area (Å²) in [5.74, 6) is 0.211. The summed E-state index contributed by atoms with van der Waals surface area (Å²) in [7, 11) is 1.94. The van der Waals surface area contributed by atoms with Crippen molar-refractivity contribution in [3.63, 3.8) is 0 Å². The summed E-state index contributed by atoms with van der Waals surface area (Å²) in [5.41, 5.74) is 3.59. The number of aromatic nitrogens is 2. The average molecular weight is 324 g/mol. The third-order valence-electron chi connectivity index (χ3n) is 5.29. The topological polar surface area (TPSA) is 41.4 Å². The molecular formula is C19H24N4O. The number of hydrogen-bond acceptors (Lipinski definition) is 3. The highest BCUT2D eigenvalue weighted by Crippen LogP contribution is 2.34. The van der Waals surface area contributed by atoms with E-state index < -0.39 is 0 Å². The van der Waals surface area contributed by atoms with Gasteiger partial charge in [0, 0.05) is 36.6 Å². The molecule has 126 valence electrons. The number of rotatable bonds is 3. The molecule has 5 nitrogen and oxygen atoms in total. The van der Waals surface area contributed by atoms with Crippen LogP contribution < -0.4 is 4.90 Å². The maximum absolute atomic E-state index is 13.0. The molecule has 0 N–H and O–H groups in total. The predicted octanol–water partition coefficient (Wildman–Crippen LogP) is 2.53. The molecule has 0 spiro atoms. The van der Waals surface area contributed by atoms with E-state index >= 15 is 0 Å². The first-order valence-corrected chi connectivity index (χ1v) is 8.76. The van der Waals surface area contributed by atoms with Crippen molar-refractivity contribution in [3.05, 3.63) is 47.8 Å². The van der Waals surface area contributed by atoms with Crippen LogP contribution in [0.2, 0.25) is 0 Å². The van der Waals surface area contributed by atoms with E-state index in [0.717, 1.165) is 31.5 Å². The van der Waals surface area contributed by atoms with Gasteiger partial charge in [0.25, 0.3) is 0 Å². The van der Waals surface area contributed by atoms with Crippen LogP contribution in [0, 0.1) is 0 Å². The summed E-state index contributed by atoms with van der Waals surface area (Å²) < 4.78 is 1.84. The molecule has 3 heterocycles. The Bertz CT molecular complexity index is 753. The first-order valence-electron chi connectivity index (χ1n) is 8.76. The standard InChI is InChI=1S/C19H24N4O/c1-14-10-15-6-3-4-7-18(15)23(14)19(24)13-22-9-5-8-17(22)16-11-20-21(2)12-16/h3-4,6-7,11-12,14,17H,5,8-10,13H2,1-2H3. The molecule has 1 aromatic heterocycles. The molecule has 1 aromatic carbocycles. The monoisotopic (exact) mass is 324 g/mol. The zero-order valence-electron chi connectivity index (χ0n) is 14.4. The number of benzene rings is 1. The smallest absolute Gasteiger partial charge is 0.241 e. The minimum absolute atomic E-state index is 0.211. The molecule has 1 amide bonds. The van der Waals surface area contributed by atoms with Crippen molar-refractivity contribution in [2.24, 2.45) is 7.05 Å². The molecule has 0 radical (unpaired) electrons. The summed E-state index contributed by atoms with van der Waals surface area (Å²) in [4.78, 5) is 17.3. The molecule has 2 unspecified atom stereocenters. The van der Waals surface area contributed by atoms with E-state index in [-0.39, 0.29) is 11.9 Å². The fraction of sp³-hybridized carbons (Fsp3) is 0.474. The molecule has 0 bridgehead atoms. The molecular weight excluding hydrogens is 300 g/mol. The molecule has 4 rings (SSSR count). The molecule has 0 saturated carbocycles. The zero-order valence-corrected chi connectivity index (χ0v) is 14.4. The minimum atomic E-state index is 0.211. The van der Waals surface area contributed by atoms with Gasteiger partial charge in [-0.1, -0.05) is 18.2 Å². The van der Waals surface area contributed by atoms with E-state index in [1.807, 2.05) is 28.9 Å². The molecule has 2 atom stereocenters. The fourth-order valence-electron chi connectivity index (χ4n) is 4.20. The Morgan fingerprint density at radius 2 is 2.17 bits per heavy atom. The number of nitrogens with zero attached hydrogens (tertiary/aromatic N) is 4. The van der Waals surface area contributed by atoms with E-state index in [2.05, 4.69) is 41.3 Å². The van der Waals surface area contributed by atoms with Crippen LogP contribution >= 0.6 is 0 Å². The molecule has 0 aliphatic carbocycles. The number of hydrogen-bond donors (Lipinski definition) is 0. The largest absolute Gasteiger partial charge is 0.308 e. The van der Waals surface area contributed by atoms with Crippen molar-refractivity contribution in [3.8, 4) is 0 Å². The third-order valence-corrected chi connectivity index (χ3v) is 5.29. The van der Waals surface area contributed by atoms with Gasteiger partial charge in [-0.25, -0.2) is 0 Å². The first-order chi connectivity index (χ1) is 11.6. The summed E-state index contributed by atoms with van der Waals surface area (Å²) in [6, 6.07) is 8.83. The van der Waals surface area contributed by atoms with E-state index in [9.17, 15) is 4.79 Å². The second-order valence-corrected chi connectivity index (χ2v) is 7.02. The second-order valence-electron chi connectivity index (χ2n) is 7.02. The number of aryl methyl sites for hydroxylation is 1. The molecule has 5 heteroatoms. The normalized spacial score (nSPS) is 23.7. The zero-order chi connectivity index (χ0) is 16.7. The van der Waals surface area contributed by atoms with Crippen LogP contribution in [-0.2, 0) is 18.3 Å². The lowest BCUT2D eigenvalue weighted by Crippen LogP contribution is -2.43. The van der Waals surface area contributed by atoms with Gasteiger partial charge < -0.3 is 4.90 Å². The van der Waals surface area contributed by atoms with Gasteiger partial charge in [0.15, 0.2) is 0 Å². The second kappa shape index (κ2) is 6.06. The fourth-order valence-corrected chi connectivity index (χ4v) is 4.20. The predicted molar refractivity (Wildman–Crippen MR) is 93.9 cm³/mol. The Balaban J connectivity index is 1.52. The van der Waals surface area contributed by atoms with Crippen LogP contribution in [0.4, 0.5) is 5.69 Å². The van der Waals surface area contributed by atoms with Crippen molar-refractivity contribution in [1.82, 2.24) is 14.7 Å². The lowest BCUT2D eigenvalue weighted by atomic mass is 10.1. The minimum Gasteiger partial charge on any atom is -0.308 e. The average Bonchev–Trinajstić information content (AvgIpc) is 3.24. The van der Waals surface area contributed by atoms with Crippen molar-refractivity contribution in [2.45, 2.75) is 38.3 Å². The highest BCUT2D eigenvalue weighted by molar-refractivity contribution is 5.97. The van der Waals surface area contributed by atoms with Gasteiger partial charge in [0.05, 0.1) is 12.7 Å². The van der Waals surface area contributed by atoms with Crippen LogP contribution in [0.1, 0.15) is 36.9 Å². The number of carbonyl (C=O) groups excluding carboxylic acids is 1.